The first-order chi connectivity index (χ1) is 6.99. The number of Topliss-reactive ketones (excluding diaryl/α,β-unsaturated/α-hetero) is 1. The maximum Gasteiger partial charge on any atom is 0.283 e. The highest BCUT2D eigenvalue weighted by molar-refractivity contribution is 5.98. The van der Waals surface area contributed by atoms with E-state index >= 15 is 0 Å². The lowest BCUT2D eigenvalue weighted by Crippen LogP contribution is -2.03. The van der Waals surface area contributed by atoms with Crippen LogP contribution in [-0.4, -0.2) is 17.0 Å². The second-order valence-electron chi connectivity index (χ2n) is 3.11. The van der Waals surface area contributed by atoms with Crippen LogP contribution < -0.4 is 0 Å². The average Bonchev–Trinajstić information content (AvgIpc) is 2.15. The van der Waals surface area contributed by atoms with Gasteiger partial charge in [0.1, 0.15) is 0 Å². The standard InChI is InChI=1S/C10H9NO4/c1-6-9(7(2)13)4-3-8(5-12)10(6)11(14)15/h3-5H,1-2H3. The van der Waals surface area contributed by atoms with Crippen LogP contribution in [0, 0.1) is 17.0 Å². The number of carbonyl (C=O) groups excluding carboxylic acids is 2. The fourth-order valence-electron chi connectivity index (χ4n) is 1.44. The van der Waals surface area contributed by atoms with Gasteiger partial charge in [-0.2, -0.15) is 0 Å². The fourth-order valence-corrected chi connectivity index (χ4v) is 1.44. The molecule has 0 aliphatic carbocycles. The number of benzene rings is 1. The minimum atomic E-state index is -0.647. The average molecular weight is 207 g/mol. The molecule has 0 saturated heterocycles. The zero-order valence-corrected chi connectivity index (χ0v) is 8.31. The van der Waals surface area contributed by atoms with Gasteiger partial charge in [-0.05, 0) is 26.0 Å². The smallest absolute Gasteiger partial charge is 0.283 e. The molecule has 0 fully saturated rings. The van der Waals surface area contributed by atoms with Crippen molar-refractivity contribution < 1.29 is 14.5 Å². The molecule has 0 N–H and O–H groups in total. The lowest BCUT2D eigenvalue weighted by molar-refractivity contribution is -0.385. The molecule has 0 heterocycles. The Morgan fingerprint density at radius 1 is 1.47 bits per heavy atom. The van der Waals surface area contributed by atoms with Crippen molar-refractivity contribution in [1.82, 2.24) is 0 Å². The summed E-state index contributed by atoms with van der Waals surface area (Å²) in [6.07, 6.45) is 0.412. The molecule has 78 valence electrons. The highest BCUT2D eigenvalue weighted by atomic mass is 16.6. The predicted molar refractivity (Wildman–Crippen MR) is 53.2 cm³/mol. The second-order valence-corrected chi connectivity index (χ2v) is 3.11. The third-order valence-electron chi connectivity index (χ3n) is 2.15. The molecule has 0 atom stereocenters. The van der Waals surface area contributed by atoms with E-state index in [4.69, 9.17) is 0 Å². The first kappa shape index (κ1) is 11.0. The lowest BCUT2D eigenvalue weighted by atomic mass is 10.0. The minimum absolute atomic E-state index is 0.0116. The summed E-state index contributed by atoms with van der Waals surface area (Å²) in [5.74, 6) is -0.256. The molecular weight excluding hydrogens is 198 g/mol. The summed E-state index contributed by atoms with van der Waals surface area (Å²) in [6, 6.07) is 2.71. The third-order valence-corrected chi connectivity index (χ3v) is 2.15. The number of hydrogen-bond donors (Lipinski definition) is 0. The molecule has 0 aromatic heterocycles. The lowest BCUT2D eigenvalue weighted by Gasteiger charge is -2.04. The van der Waals surface area contributed by atoms with Gasteiger partial charge in [-0.15, -0.1) is 0 Å². The summed E-state index contributed by atoms with van der Waals surface area (Å²) in [7, 11) is 0. The zero-order valence-electron chi connectivity index (χ0n) is 8.31. The van der Waals surface area contributed by atoms with E-state index in [1.54, 1.807) is 0 Å². The molecule has 5 heteroatoms. The van der Waals surface area contributed by atoms with E-state index in [9.17, 15) is 19.7 Å². The van der Waals surface area contributed by atoms with E-state index in [2.05, 4.69) is 0 Å². The molecule has 0 aliphatic heterocycles. The SMILES string of the molecule is CC(=O)c1ccc(C=O)c([N+](=O)[O-])c1C. The number of carbonyl (C=O) groups is 2. The van der Waals surface area contributed by atoms with Crippen molar-refractivity contribution >= 4 is 17.8 Å². The zero-order chi connectivity index (χ0) is 11.6. The quantitative estimate of drug-likeness (QED) is 0.328. The summed E-state index contributed by atoms with van der Waals surface area (Å²) < 4.78 is 0. The summed E-state index contributed by atoms with van der Waals surface area (Å²) in [4.78, 5) is 31.8. The van der Waals surface area contributed by atoms with E-state index in [1.165, 1.54) is 26.0 Å². The number of hydrogen-bond acceptors (Lipinski definition) is 4. The van der Waals surface area contributed by atoms with Crippen LogP contribution in [-0.2, 0) is 0 Å². The Morgan fingerprint density at radius 3 is 2.47 bits per heavy atom. The molecule has 1 aromatic carbocycles. The van der Waals surface area contributed by atoms with Crippen molar-refractivity contribution in [3.05, 3.63) is 38.9 Å². The molecule has 0 unspecified atom stereocenters. The van der Waals surface area contributed by atoms with Crippen LogP contribution in [0.15, 0.2) is 12.1 Å². The van der Waals surface area contributed by atoms with Crippen LogP contribution in [0.5, 0.6) is 0 Å². The van der Waals surface area contributed by atoms with E-state index in [0.717, 1.165) is 0 Å². The van der Waals surface area contributed by atoms with Gasteiger partial charge in [-0.1, -0.05) is 0 Å². The van der Waals surface area contributed by atoms with Crippen LogP contribution in [0.2, 0.25) is 0 Å². The van der Waals surface area contributed by atoms with Crippen LogP contribution >= 0.6 is 0 Å². The van der Waals surface area contributed by atoms with Crippen molar-refractivity contribution in [1.29, 1.82) is 0 Å². The summed E-state index contributed by atoms with van der Waals surface area (Å²) in [6.45, 7) is 2.79. The number of rotatable bonds is 3. The molecule has 0 amide bonds. The van der Waals surface area contributed by atoms with Gasteiger partial charge in [0.2, 0.25) is 0 Å². The highest BCUT2D eigenvalue weighted by Gasteiger charge is 2.20. The molecule has 0 aliphatic rings. The normalized spacial score (nSPS) is 9.73. The number of nitro groups is 1. The Labute approximate surface area is 85.9 Å². The maximum atomic E-state index is 11.1. The van der Waals surface area contributed by atoms with Crippen molar-refractivity contribution in [2.45, 2.75) is 13.8 Å². The predicted octanol–water partition coefficient (Wildman–Crippen LogP) is 1.92. The number of nitrogens with zero attached hydrogens (tertiary/aromatic N) is 1. The first-order valence-electron chi connectivity index (χ1n) is 4.23. The van der Waals surface area contributed by atoms with Crippen molar-refractivity contribution in [2.24, 2.45) is 0 Å². The fraction of sp³-hybridized carbons (Fsp3) is 0.200. The van der Waals surface area contributed by atoms with Crippen LogP contribution in [0.3, 0.4) is 0 Å². The highest BCUT2D eigenvalue weighted by Crippen LogP contribution is 2.25. The molecule has 15 heavy (non-hydrogen) atoms. The first-order valence-corrected chi connectivity index (χ1v) is 4.23. The Hall–Kier alpha value is -2.04. The van der Waals surface area contributed by atoms with Gasteiger partial charge in [-0.25, -0.2) is 0 Å². The van der Waals surface area contributed by atoms with E-state index < -0.39 is 4.92 Å². The summed E-state index contributed by atoms with van der Waals surface area (Å²) in [5.41, 5.74) is 0.199. The van der Waals surface area contributed by atoms with Crippen LogP contribution in [0.25, 0.3) is 0 Å². The number of aldehydes is 1. The Kier molecular flexibility index (Phi) is 2.94. The van der Waals surface area contributed by atoms with Crippen molar-refractivity contribution in [3.8, 4) is 0 Å². The Bertz CT molecular complexity index is 451. The molecule has 1 rings (SSSR count). The van der Waals surface area contributed by atoms with Crippen LogP contribution in [0.4, 0.5) is 5.69 Å². The second kappa shape index (κ2) is 4.00. The molecule has 0 bridgehead atoms. The van der Waals surface area contributed by atoms with Crippen LogP contribution in [0.1, 0.15) is 33.2 Å². The molecule has 5 nitrogen and oxygen atoms in total. The maximum absolute atomic E-state index is 11.1. The summed E-state index contributed by atoms with van der Waals surface area (Å²) in [5, 5.41) is 10.7. The molecule has 0 radical (unpaired) electrons. The Balaban J connectivity index is 3.56. The van der Waals surface area contributed by atoms with Gasteiger partial charge in [-0.3, -0.25) is 19.7 Å². The molecule has 1 aromatic rings. The van der Waals surface area contributed by atoms with E-state index in [1.807, 2.05) is 0 Å². The van der Waals surface area contributed by atoms with Gasteiger partial charge in [0.25, 0.3) is 5.69 Å². The summed E-state index contributed by atoms with van der Waals surface area (Å²) >= 11 is 0. The minimum Gasteiger partial charge on any atom is -0.298 e. The number of ketones is 1. The van der Waals surface area contributed by atoms with E-state index in [-0.39, 0.29) is 28.2 Å². The number of nitro benzene ring substituents is 1. The van der Waals surface area contributed by atoms with Crippen molar-refractivity contribution in [3.63, 3.8) is 0 Å². The van der Waals surface area contributed by atoms with Crippen molar-refractivity contribution in [2.75, 3.05) is 0 Å². The largest absolute Gasteiger partial charge is 0.298 e. The monoisotopic (exact) mass is 207 g/mol. The molecule has 0 spiro atoms. The van der Waals surface area contributed by atoms with Gasteiger partial charge in [0.15, 0.2) is 12.1 Å². The van der Waals surface area contributed by atoms with Gasteiger partial charge in [0.05, 0.1) is 10.5 Å². The van der Waals surface area contributed by atoms with Gasteiger partial charge < -0.3 is 0 Å². The van der Waals surface area contributed by atoms with Gasteiger partial charge >= 0.3 is 0 Å². The molecule has 0 saturated carbocycles. The van der Waals surface area contributed by atoms with Gasteiger partial charge in [0, 0.05) is 11.1 Å². The Morgan fingerprint density at radius 2 is 2.07 bits per heavy atom. The third kappa shape index (κ3) is 1.90. The van der Waals surface area contributed by atoms with E-state index in [0.29, 0.717) is 6.29 Å². The topological polar surface area (TPSA) is 77.3 Å². The molecular formula is C10H9NO4.